The van der Waals surface area contributed by atoms with Crippen molar-refractivity contribution in [3.05, 3.63) is 53.5 Å². The predicted molar refractivity (Wildman–Crippen MR) is 64.5 cm³/mol. The second kappa shape index (κ2) is 4.87. The van der Waals surface area contributed by atoms with Gasteiger partial charge in [0.1, 0.15) is 5.75 Å². The SMILES string of the molecule is COc1ccc(C)cc1C(=O)Cc1ccoc1. The quantitative estimate of drug-likeness (QED) is 0.758. The summed E-state index contributed by atoms with van der Waals surface area (Å²) in [7, 11) is 1.57. The summed E-state index contributed by atoms with van der Waals surface area (Å²) in [6.45, 7) is 1.95. The summed E-state index contributed by atoms with van der Waals surface area (Å²) < 4.78 is 10.1. The lowest BCUT2D eigenvalue weighted by molar-refractivity contribution is 0.0989. The largest absolute Gasteiger partial charge is 0.496 e. The highest BCUT2D eigenvalue weighted by atomic mass is 16.5. The van der Waals surface area contributed by atoms with E-state index in [0.29, 0.717) is 17.7 Å². The molecule has 0 aliphatic rings. The molecule has 0 unspecified atom stereocenters. The topological polar surface area (TPSA) is 39.4 Å². The number of methoxy groups -OCH3 is 1. The first-order chi connectivity index (χ1) is 8.20. The van der Waals surface area contributed by atoms with Gasteiger partial charge in [-0.25, -0.2) is 0 Å². The van der Waals surface area contributed by atoms with Crippen LogP contribution in [0.4, 0.5) is 0 Å². The smallest absolute Gasteiger partial charge is 0.171 e. The van der Waals surface area contributed by atoms with E-state index in [1.54, 1.807) is 25.7 Å². The molecule has 0 saturated carbocycles. The van der Waals surface area contributed by atoms with Gasteiger partial charge in [0.2, 0.25) is 0 Å². The van der Waals surface area contributed by atoms with Crippen LogP contribution in [0, 0.1) is 6.92 Å². The molecule has 88 valence electrons. The van der Waals surface area contributed by atoms with E-state index in [1.165, 1.54) is 0 Å². The molecule has 0 amide bonds. The lowest BCUT2D eigenvalue weighted by Gasteiger charge is -2.07. The van der Waals surface area contributed by atoms with Crippen molar-refractivity contribution in [3.63, 3.8) is 0 Å². The zero-order valence-electron chi connectivity index (χ0n) is 9.90. The van der Waals surface area contributed by atoms with Crippen molar-refractivity contribution in [1.29, 1.82) is 0 Å². The molecule has 17 heavy (non-hydrogen) atoms. The van der Waals surface area contributed by atoms with Gasteiger partial charge in [0.05, 0.1) is 25.2 Å². The van der Waals surface area contributed by atoms with E-state index in [1.807, 2.05) is 25.1 Å². The zero-order valence-corrected chi connectivity index (χ0v) is 9.90. The van der Waals surface area contributed by atoms with Gasteiger partial charge in [0.25, 0.3) is 0 Å². The molecule has 0 fully saturated rings. The molecule has 1 aromatic heterocycles. The minimum absolute atomic E-state index is 0.0342. The molecule has 1 aromatic carbocycles. The molecule has 0 spiro atoms. The van der Waals surface area contributed by atoms with Crippen LogP contribution in [-0.2, 0) is 6.42 Å². The third-order valence-corrected chi connectivity index (χ3v) is 2.60. The van der Waals surface area contributed by atoms with Crippen LogP contribution in [0.3, 0.4) is 0 Å². The first-order valence-corrected chi connectivity index (χ1v) is 5.39. The van der Waals surface area contributed by atoms with Crippen LogP contribution in [0.15, 0.2) is 41.2 Å². The minimum Gasteiger partial charge on any atom is -0.496 e. The minimum atomic E-state index is 0.0342. The van der Waals surface area contributed by atoms with Crippen molar-refractivity contribution in [1.82, 2.24) is 0 Å². The number of hydrogen-bond donors (Lipinski definition) is 0. The number of Topliss-reactive ketones (excluding diaryl/α,β-unsaturated/α-hetero) is 1. The Balaban J connectivity index is 2.26. The summed E-state index contributed by atoms with van der Waals surface area (Å²) in [6, 6.07) is 7.38. The molecule has 3 heteroatoms. The van der Waals surface area contributed by atoms with Crippen molar-refractivity contribution in [2.24, 2.45) is 0 Å². The van der Waals surface area contributed by atoms with Gasteiger partial charge in [-0.1, -0.05) is 11.6 Å². The van der Waals surface area contributed by atoms with Crippen molar-refractivity contribution in [3.8, 4) is 5.75 Å². The Morgan fingerprint density at radius 3 is 2.82 bits per heavy atom. The fraction of sp³-hybridized carbons (Fsp3) is 0.214. The van der Waals surface area contributed by atoms with Crippen LogP contribution in [0.2, 0.25) is 0 Å². The Labute approximate surface area is 100 Å². The first-order valence-electron chi connectivity index (χ1n) is 5.39. The molecule has 0 aliphatic heterocycles. The van der Waals surface area contributed by atoms with Crippen LogP contribution in [0.5, 0.6) is 5.75 Å². The number of carbonyl (C=O) groups is 1. The normalized spacial score (nSPS) is 10.2. The highest BCUT2D eigenvalue weighted by Gasteiger charge is 2.13. The van der Waals surface area contributed by atoms with Crippen LogP contribution in [-0.4, -0.2) is 12.9 Å². The van der Waals surface area contributed by atoms with E-state index >= 15 is 0 Å². The first kappa shape index (κ1) is 11.5. The van der Waals surface area contributed by atoms with Crippen LogP contribution < -0.4 is 4.74 Å². The number of aryl methyl sites for hydroxylation is 1. The van der Waals surface area contributed by atoms with E-state index in [-0.39, 0.29) is 5.78 Å². The summed E-state index contributed by atoms with van der Waals surface area (Å²) >= 11 is 0. The molecule has 2 aromatic rings. The standard InChI is InChI=1S/C14H14O3/c1-10-3-4-14(16-2)12(7-10)13(15)8-11-5-6-17-9-11/h3-7,9H,8H2,1-2H3. The van der Waals surface area contributed by atoms with Crippen molar-refractivity contribution in [2.45, 2.75) is 13.3 Å². The Morgan fingerprint density at radius 2 is 2.18 bits per heavy atom. The number of hydrogen-bond acceptors (Lipinski definition) is 3. The molecule has 0 N–H and O–H groups in total. The van der Waals surface area contributed by atoms with Gasteiger partial charge in [0.15, 0.2) is 5.78 Å². The molecule has 0 saturated heterocycles. The Bertz CT molecular complexity index is 512. The van der Waals surface area contributed by atoms with Gasteiger partial charge in [-0.05, 0) is 30.7 Å². The number of benzene rings is 1. The van der Waals surface area contributed by atoms with Gasteiger partial charge in [0, 0.05) is 6.42 Å². The van der Waals surface area contributed by atoms with Gasteiger partial charge in [-0.15, -0.1) is 0 Å². The van der Waals surface area contributed by atoms with Crippen molar-refractivity contribution >= 4 is 5.78 Å². The van der Waals surface area contributed by atoms with Crippen LogP contribution in [0.25, 0.3) is 0 Å². The van der Waals surface area contributed by atoms with E-state index in [0.717, 1.165) is 11.1 Å². The molecule has 0 aliphatic carbocycles. The van der Waals surface area contributed by atoms with E-state index in [2.05, 4.69) is 0 Å². The second-order valence-corrected chi connectivity index (χ2v) is 3.94. The molecular weight excluding hydrogens is 216 g/mol. The lowest BCUT2D eigenvalue weighted by atomic mass is 10.0. The van der Waals surface area contributed by atoms with Gasteiger partial charge in [-0.2, -0.15) is 0 Å². The third kappa shape index (κ3) is 2.56. The maximum atomic E-state index is 12.1. The Hall–Kier alpha value is -2.03. The third-order valence-electron chi connectivity index (χ3n) is 2.60. The van der Waals surface area contributed by atoms with E-state index in [4.69, 9.17) is 9.15 Å². The second-order valence-electron chi connectivity index (χ2n) is 3.94. The number of ether oxygens (including phenoxy) is 1. The summed E-state index contributed by atoms with van der Waals surface area (Å²) in [4.78, 5) is 12.1. The Morgan fingerprint density at radius 1 is 1.35 bits per heavy atom. The maximum absolute atomic E-state index is 12.1. The summed E-state index contributed by atoms with van der Waals surface area (Å²) in [5.74, 6) is 0.649. The van der Waals surface area contributed by atoms with E-state index in [9.17, 15) is 4.79 Å². The predicted octanol–water partition coefficient (Wildman–Crippen LogP) is 3.02. The van der Waals surface area contributed by atoms with Crippen molar-refractivity contribution < 1.29 is 13.9 Å². The monoisotopic (exact) mass is 230 g/mol. The number of rotatable bonds is 4. The highest BCUT2D eigenvalue weighted by Crippen LogP contribution is 2.21. The molecule has 0 atom stereocenters. The molecule has 0 bridgehead atoms. The van der Waals surface area contributed by atoms with Crippen LogP contribution >= 0.6 is 0 Å². The van der Waals surface area contributed by atoms with Gasteiger partial charge >= 0.3 is 0 Å². The highest BCUT2D eigenvalue weighted by molar-refractivity contribution is 6.00. The molecule has 1 heterocycles. The molecule has 0 radical (unpaired) electrons. The summed E-state index contributed by atoms with van der Waals surface area (Å²) in [6.07, 6.45) is 3.48. The zero-order chi connectivity index (χ0) is 12.3. The molecule has 3 nitrogen and oxygen atoms in total. The average molecular weight is 230 g/mol. The molecular formula is C14H14O3. The summed E-state index contributed by atoms with van der Waals surface area (Å²) in [5, 5.41) is 0. The maximum Gasteiger partial charge on any atom is 0.171 e. The van der Waals surface area contributed by atoms with Crippen molar-refractivity contribution in [2.75, 3.05) is 7.11 Å². The fourth-order valence-corrected chi connectivity index (χ4v) is 1.71. The fourth-order valence-electron chi connectivity index (χ4n) is 1.71. The van der Waals surface area contributed by atoms with Crippen LogP contribution in [0.1, 0.15) is 21.5 Å². The average Bonchev–Trinajstić information content (AvgIpc) is 2.81. The Kier molecular flexibility index (Phi) is 3.28. The number of carbonyl (C=O) groups excluding carboxylic acids is 1. The summed E-state index contributed by atoms with van der Waals surface area (Å²) in [5.41, 5.74) is 2.54. The van der Waals surface area contributed by atoms with E-state index < -0.39 is 0 Å². The lowest BCUT2D eigenvalue weighted by Crippen LogP contribution is -2.05. The van der Waals surface area contributed by atoms with Gasteiger partial charge < -0.3 is 9.15 Å². The molecule has 2 rings (SSSR count). The number of ketones is 1. The number of furan rings is 1. The van der Waals surface area contributed by atoms with Gasteiger partial charge in [-0.3, -0.25) is 4.79 Å².